The lowest BCUT2D eigenvalue weighted by Gasteiger charge is -2.22. The van der Waals surface area contributed by atoms with E-state index >= 15 is 0 Å². The highest BCUT2D eigenvalue weighted by Gasteiger charge is 2.27. The van der Waals surface area contributed by atoms with E-state index in [2.05, 4.69) is 10.6 Å². The molecule has 0 saturated carbocycles. The molecule has 6 nitrogen and oxygen atoms in total. The maximum absolute atomic E-state index is 11.7. The lowest BCUT2D eigenvalue weighted by atomic mass is 9.92. The SMILES string of the molecule is CNC(=O)C(C)(C)CNC(=O)COc1ccccc1C#N. The smallest absolute Gasteiger partial charge is 0.257 e. The first-order valence-corrected chi connectivity index (χ1v) is 6.51. The highest BCUT2D eigenvalue weighted by Crippen LogP contribution is 2.16. The Labute approximate surface area is 124 Å². The van der Waals surface area contributed by atoms with Crippen LogP contribution in [0.5, 0.6) is 5.75 Å². The van der Waals surface area contributed by atoms with Gasteiger partial charge in [0.15, 0.2) is 6.61 Å². The lowest BCUT2D eigenvalue weighted by molar-refractivity contribution is -0.129. The van der Waals surface area contributed by atoms with Gasteiger partial charge in [0.2, 0.25) is 5.91 Å². The second-order valence-electron chi connectivity index (χ2n) is 5.14. The molecule has 0 spiro atoms. The summed E-state index contributed by atoms with van der Waals surface area (Å²) in [5, 5.41) is 14.1. The van der Waals surface area contributed by atoms with Crippen molar-refractivity contribution >= 4 is 11.8 Å². The number of nitrogens with zero attached hydrogens (tertiary/aromatic N) is 1. The molecule has 0 atom stereocenters. The van der Waals surface area contributed by atoms with Gasteiger partial charge >= 0.3 is 0 Å². The van der Waals surface area contributed by atoms with E-state index in [0.717, 1.165) is 0 Å². The van der Waals surface area contributed by atoms with Crippen molar-refractivity contribution in [3.05, 3.63) is 29.8 Å². The maximum Gasteiger partial charge on any atom is 0.257 e. The molecule has 1 aromatic carbocycles. The number of benzene rings is 1. The Kier molecular flexibility index (Phi) is 5.73. The van der Waals surface area contributed by atoms with Crippen LogP contribution in [0.3, 0.4) is 0 Å². The molecule has 0 saturated heterocycles. The molecule has 0 aliphatic heterocycles. The summed E-state index contributed by atoms with van der Waals surface area (Å²) in [6, 6.07) is 8.67. The zero-order valence-electron chi connectivity index (χ0n) is 12.4. The predicted molar refractivity (Wildman–Crippen MR) is 77.5 cm³/mol. The molecular formula is C15H19N3O3. The molecule has 2 N–H and O–H groups in total. The molecule has 6 heteroatoms. The Balaban J connectivity index is 2.49. The van der Waals surface area contributed by atoms with Gasteiger partial charge in [-0.15, -0.1) is 0 Å². The number of hydrogen-bond donors (Lipinski definition) is 2. The van der Waals surface area contributed by atoms with E-state index in [-0.39, 0.29) is 25.0 Å². The van der Waals surface area contributed by atoms with Crippen LogP contribution in [0.15, 0.2) is 24.3 Å². The minimum atomic E-state index is -0.699. The first-order valence-electron chi connectivity index (χ1n) is 6.51. The van der Waals surface area contributed by atoms with Gasteiger partial charge in [-0.05, 0) is 26.0 Å². The van der Waals surface area contributed by atoms with Crippen LogP contribution in [0.2, 0.25) is 0 Å². The molecule has 1 rings (SSSR count). The molecule has 112 valence electrons. The van der Waals surface area contributed by atoms with Crippen LogP contribution in [0.25, 0.3) is 0 Å². The number of ether oxygens (including phenoxy) is 1. The minimum absolute atomic E-state index is 0.154. The third-order valence-corrected chi connectivity index (χ3v) is 2.94. The van der Waals surface area contributed by atoms with Crippen LogP contribution in [-0.2, 0) is 9.59 Å². The van der Waals surface area contributed by atoms with E-state index in [1.165, 1.54) is 0 Å². The van der Waals surface area contributed by atoms with E-state index in [0.29, 0.717) is 11.3 Å². The number of carbonyl (C=O) groups excluding carboxylic acids is 2. The molecule has 0 heterocycles. The second-order valence-corrected chi connectivity index (χ2v) is 5.14. The fourth-order valence-corrected chi connectivity index (χ4v) is 1.62. The highest BCUT2D eigenvalue weighted by molar-refractivity contribution is 5.83. The number of rotatable bonds is 6. The Bertz CT molecular complexity index is 562. The van der Waals surface area contributed by atoms with Crippen molar-refractivity contribution < 1.29 is 14.3 Å². The minimum Gasteiger partial charge on any atom is -0.482 e. The summed E-state index contributed by atoms with van der Waals surface area (Å²) in [4.78, 5) is 23.3. The van der Waals surface area contributed by atoms with E-state index < -0.39 is 5.41 Å². The number of para-hydroxylation sites is 1. The second kappa shape index (κ2) is 7.29. The quantitative estimate of drug-likeness (QED) is 0.811. The van der Waals surface area contributed by atoms with Crippen LogP contribution >= 0.6 is 0 Å². The zero-order valence-corrected chi connectivity index (χ0v) is 12.4. The number of amides is 2. The first-order chi connectivity index (χ1) is 9.90. The van der Waals surface area contributed by atoms with Gasteiger partial charge in [-0.2, -0.15) is 5.26 Å². The molecule has 0 unspecified atom stereocenters. The third kappa shape index (κ3) is 4.80. The van der Waals surface area contributed by atoms with Crippen LogP contribution < -0.4 is 15.4 Å². The summed E-state index contributed by atoms with van der Waals surface area (Å²) in [6.45, 7) is 3.47. The number of carbonyl (C=O) groups is 2. The summed E-state index contributed by atoms with van der Waals surface area (Å²) in [6.07, 6.45) is 0. The third-order valence-electron chi connectivity index (χ3n) is 2.94. The fourth-order valence-electron chi connectivity index (χ4n) is 1.62. The molecule has 21 heavy (non-hydrogen) atoms. The molecule has 0 aliphatic carbocycles. The maximum atomic E-state index is 11.7. The van der Waals surface area contributed by atoms with Crippen LogP contribution in [0, 0.1) is 16.7 Å². The van der Waals surface area contributed by atoms with Crippen LogP contribution in [-0.4, -0.2) is 32.0 Å². The van der Waals surface area contributed by atoms with Crippen molar-refractivity contribution in [3.8, 4) is 11.8 Å². The van der Waals surface area contributed by atoms with Crippen molar-refractivity contribution in [3.63, 3.8) is 0 Å². The molecule has 1 aromatic rings. The molecule has 0 radical (unpaired) electrons. The van der Waals surface area contributed by atoms with Crippen molar-refractivity contribution in [2.45, 2.75) is 13.8 Å². The summed E-state index contributed by atoms with van der Waals surface area (Å²) in [5.74, 6) is -0.140. The Morgan fingerprint density at radius 2 is 2.00 bits per heavy atom. The Morgan fingerprint density at radius 1 is 1.33 bits per heavy atom. The molecule has 0 aromatic heterocycles. The average Bonchev–Trinajstić information content (AvgIpc) is 2.50. The normalized spacial score (nSPS) is 10.4. The average molecular weight is 289 g/mol. The van der Waals surface area contributed by atoms with E-state index in [9.17, 15) is 9.59 Å². The summed E-state index contributed by atoms with van der Waals surface area (Å²) in [7, 11) is 1.55. The van der Waals surface area contributed by atoms with Gasteiger partial charge in [0.25, 0.3) is 5.91 Å². The molecule has 0 aliphatic rings. The summed E-state index contributed by atoms with van der Waals surface area (Å²) < 4.78 is 5.31. The first kappa shape index (κ1) is 16.5. The van der Waals surface area contributed by atoms with Crippen LogP contribution in [0.1, 0.15) is 19.4 Å². The fraction of sp³-hybridized carbons (Fsp3) is 0.400. The standard InChI is InChI=1S/C15H19N3O3/c1-15(2,14(20)17-3)10-18-13(19)9-21-12-7-5-4-6-11(12)8-16/h4-7H,9-10H2,1-3H3,(H,17,20)(H,18,19). The van der Waals surface area contributed by atoms with E-state index in [1.54, 1.807) is 45.2 Å². The van der Waals surface area contributed by atoms with Crippen molar-refractivity contribution in [2.24, 2.45) is 5.41 Å². The van der Waals surface area contributed by atoms with Gasteiger partial charge in [-0.1, -0.05) is 12.1 Å². The van der Waals surface area contributed by atoms with E-state index in [4.69, 9.17) is 10.00 Å². The largest absolute Gasteiger partial charge is 0.482 e. The topological polar surface area (TPSA) is 91.2 Å². The number of nitrogens with one attached hydrogen (secondary N) is 2. The van der Waals surface area contributed by atoms with Gasteiger partial charge < -0.3 is 15.4 Å². The molecule has 0 fully saturated rings. The Morgan fingerprint density at radius 3 is 2.62 bits per heavy atom. The summed E-state index contributed by atoms with van der Waals surface area (Å²) >= 11 is 0. The monoisotopic (exact) mass is 289 g/mol. The number of hydrogen-bond acceptors (Lipinski definition) is 4. The van der Waals surface area contributed by atoms with Gasteiger partial charge in [0, 0.05) is 13.6 Å². The molecular weight excluding hydrogens is 270 g/mol. The molecule has 2 amide bonds. The lowest BCUT2D eigenvalue weighted by Crippen LogP contribution is -2.44. The van der Waals surface area contributed by atoms with E-state index in [1.807, 2.05) is 6.07 Å². The predicted octanol–water partition coefficient (Wildman–Crippen LogP) is 0.825. The van der Waals surface area contributed by atoms with Gasteiger partial charge in [0.1, 0.15) is 11.8 Å². The number of nitriles is 1. The highest BCUT2D eigenvalue weighted by atomic mass is 16.5. The molecule has 0 bridgehead atoms. The summed E-state index contributed by atoms with van der Waals surface area (Å²) in [5.41, 5.74) is -0.328. The van der Waals surface area contributed by atoms with Gasteiger partial charge in [-0.25, -0.2) is 0 Å². The van der Waals surface area contributed by atoms with Gasteiger partial charge in [-0.3, -0.25) is 9.59 Å². The van der Waals surface area contributed by atoms with Gasteiger partial charge in [0.05, 0.1) is 11.0 Å². The van der Waals surface area contributed by atoms with Crippen molar-refractivity contribution in [2.75, 3.05) is 20.2 Å². The zero-order chi connectivity index (χ0) is 15.9. The Hall–Kier alpha value is -2.55. The van der Waals surface area contributed by atoms with Crippen molar-refractivity contribution in [1.82, 2.24) is 10.6 Å². The van der Waals surface area contributed by atoms with Crippen molar-refractivity contribution in [1.29, 1.82) is 5.26 Å². The van der Waals surface area contributed by atoms with Crippen LogP contribution in [0.4, 0.5) is 0 Å².